The molecule has 30 heavy (non-hydrogen) atoms. The Balaban J connectivity index is 1.66. The van der Waals surface area contributed by atoms with Gasteiger partial charge in [0.05, 0.1) is 0 Å². The van der Waals surface area contributed by atoms with Gasteiger partial charge in [-0.3, -0.25) is 4.79 Å². The highest BCUT2D eigenvalue weighted by atomic mass is 16.5. The molecular formula is C24H31N3O3. The van der Waals surface area contributed by atoms with Gasteiger partial charge in [-0.1, -0.05) is 60.7 Å². The number of amides is 2. The fourth-order valence-corrected chi connectivity index (χ4v) is 3.75. The maximum absolute atomic E-state index is 13.3. The topological polar surface area (TPSA) is 61.9 Å². The summed E-state index contributed by atoms with van der Waals surface area (Å²) < 4.78 is 5.36. The molecule has 2 atom stereocenters. The number of rotatable bonds is 7. The molecule has 2 amide bonds. The van der Waals surface area contributed by atoms with Crippen LogP contribution < -0.4 is 5.32 Å². The number of ether oxygens (including phenoxy) is 1. The summed E-state index contributed by atoms with van der Waals surface area (Å²) in [6.07, 6.45) is 1.90. The Morgan fingerprint density at radius 3 is 2.33 bits per heavy atom. The first-order valence-electron chi connectivity index (χ1n) is 10.5. The summed E-state index contributed by atoms with van der Waals surface area (Å²) in [6, 6.07) is 18.9. The SMILES string of the molecule is CN(C)C1CCCN(C(=O)[C@H](Cc2ccccc2)NC(=O)OCc2ccccc2)C1. The number of likely N-dealkylation sites (N-methyl/N-ethyl adjacent to an activating group) is 1. The van der Waals surface area contributed by atoms with Gasteiger partial charge in [-0.05, 0) is 38.1 Å². The largest absolute Gasteiger partial charge is 0.445 e. The number of carbonyl (C=O) groups excluding carboxylic acids is 2. The Kier molecular flexibility index (Phi) is 7.85. The molecule has 6 nitrogen and oxygen atoms in total. The summed E-state index contributed by atoms with van der Waals surface area (Å²) in [5.41, 5.74) is 1.91. The zero-order valence-corrected chi connectivity index (χ0v) is 17.8. The fourth-order valence-electron chi connectivity index (χ4n) is 3.75. The second-order valence-electron chi connectivity index (χ2n) is 7.99. The van der Waals surface area contributed by atoms with Crippen molar-refractivity contribution < 1.29 is 14.3 Å². The molecule has 6 heteroatoms. The van der Waals surface area contributed by atoms with E-state index in [1.165, 1.54) is 0 Å². The van der Waals surface area contributed by atoms with Crippen LogP contribution in [0.4, 0.5) is 4.79 Å². The van der Waals surface area contributed by atoms with Crippen LogP contribution in [-0.2, 0) is 22.6 Å². The van der Waals surface area contributed by atoms with Crippen LogP contribution in [0.3, 0.4) is 0 Å². The molecule has 0 aliphatic carbocycles. The lowest BCUT2D eigenvalue weighted by atomic mass is 10.0. The molecule has 0 aromatic heterocycles. The highest BCUT2D eigenvalue weighted by molar-refractivity contribution is 5.86. The van der Waals surface area contributed by atoms with Crippen LogP contribution >= 0.6 is 0 Å². The van der Waals surface area contributed by atoms with Crippen LogP contribution in [-0.4, -0.2) is 61.1 Å². The lowest BCUT2D eigenvalue weighted by molar-refractivity contribution is -0.135. The minimum Gasteiger partial charge on any atom is -0.445 e. The smallest absolute Gasteiger partial charge is 0.408 e. The number of alkyl carbamates (subject to hydrolysis) is 1. The minimum atomic E-state index is -0.656. The van der Waals surface area contributed by atoms with E-state index < -0.39 is 12.1 Å². The van der Waals surface area contributed by atoms with Crippen molar-refractivity contribution in [2.24, 2.45) is 0 Å². The fraction of sp³-hybridized carbons (Fsp3) is 0.417. The van der Waals surface area contributed by atoms with Gasteiger partial charge in [-0.2, -0.15) is 0 Å². The van der Waals surface area contributed by atoms with Gasteiger partial charge >= 0.3 is 6.09 Å². The Hall–Kier alpha value is -2.86. The molecule has 160 valence electrons. The second kappa shape index (κ2) is 10.8. The summed E-state index contributed by atoms with van der Waals surface area (Å²) in [7, 11) is 4.08. The van der Waals surface area contributed by atoms with Crippen molar-refractivity contribution in [3.8, 4) is 0 Å². The zero-order valence-electron chi connectivity index (χ0n) is 17.8. The van der Waals surface area contributed by atoms with Crippen molar-refractivity contribution in [2.75, 3.05) is 27.2 Å². The van der Waals surface area contributed by atoms with Crippen LogP contribution in [0.5, 0.6) is 0 Å². The van der Waals surface area contributed by atoms with Gasteiger partial charge in [0.1, 0.15) is 12.6 Å². The average molecular weight is 410 g/mol. The predicted octanol–water partition coefficient (Wildman–Crippen LogP) is 3.08. The highest BCUT2D eigenvalue weighted by Gasteiger charge is 2.31. The van der Waals surface area contributed by atoms with E-state index in [4.69, 9.17) is 4.74 Å². The maximum Gasteiger partial charge on any atom is 0.408 e. The van der Waals surface area contributed by atoms with E-state index in [9.17, 15) is 9.59 Å². The maximum atomic E-state index is 13.3. The number of hydrogen-bond donors (Lipinski definition) is 1. The van der Waals surface area contributed by atoms with E-state index in [-0.39, 0.29) is 12.5 Å². The molecule has 1 saturated heterocycles. The number of benzene rings is 2. The lowest BCUT2D eigenvalue weighted by Gasteiger charge is -2.37. The number of nitrogens with zero attached hydrogens (tertiary/aromatic N) is 2. The normalized spacial score (nSPS) is 17.4. The number of piperidine rings is 1. The van der Waals surface area contributed by atoms with Gasteiger partial charge in [0, 0.05) is 25.6 Å². The molecule has 0 spiro atoms. The summed E-state index contributed by atoms with van der Waals surface area (Å²) in [5.74, 6) is -0.0536. The van der Waals surface area contributed by atoms with E-state index in [2.05, 4.69) is 10.2 Å². The van der Waals surface area contributed by atoms with Crippen LogP contribution in [0.1, 0.15) is 24.0 Å². The third-order valence-electron chi connectivity index (χ3n) is 5.52. The average Bonchev–Trinajstić information content (AvgIpc) is 2.78. The molecule has 1 aliphatic heterocycles. The van der Waals surface area contributed by atoms with Gasteiger partial charge in [-0.25, -0.2) is 4.79 Å². The van der Waals surface area contributed by atoms with Crippen molar-refractivity contribution in [3.63, 3.8) is 0 Å². The molecule has 3 rings (SSSR count). The molecule has 1 N–H and O–H groups in total. The second-order valence-corrected chi connectivity index (χ2v) is 7.99. The van der Waals surface area contributed by atoms with Crippen molar-refractivity contribution in [3.05, 3.63) is 71.8 Å². The molecule has 2 aromatic carbocycles. The Morgan fingerprint density at radius 2 is 1.70 bits per heavy atom. The van der Waals surface area contributed by atoms with Crippen molar-refractivity contribution in [1.29, 1.82) is 0 Å². The number of hydrogen-bond acceptors (Lipinski definition) is 4. The Morgan fingerprint density at radius 1 is 1.07 bits per heavy atom. The molecule has 0 saturated carbocycles. The highest BCUT2D eigenvalue weighted by Crippen LogP contribution is 2.16. The summed E-state index contributed by atoms with van der Waals surface area (Å²) in [4.78, 5) is 29.8. The molecule has 0 bridgehead atoms. The molecule has 1 heterocycles. The third-order valence-corrected chi connectivity index (χ3v) is 5.52. The van der Waals surface area contributed by atoms with Gasteiger partial charge in [0.15, 0.2) is 0 Å². The predicted molar refractivity (Wildman–Crippen MR) is 117 cm³/mol. The molecule has 1 aliphatic rings. The Bertz CT molecular complexity index is 811. The van der Waals surface area contributed by atoms with E-state index >= 15 is 0 Å². The molecular weight excluding hydrogens is 378 g/mol. The van der Waals surface area contributed by atoms with Crippen molar-refractivity contribution in [1.82, 2.24) is 15.1 Å². The molecule has 1 unspecified atom stereocenters. The number of nitrogens with one attached hydrogen (secondary N) is 1. The van der Waals surface area contributed by atoms with Crippen molar-refractivity contribution in [2.45, 2.75) is 38.0 Å². The lowest BCUT2D eigenvalue weighted by Crippen LogP contribution is -2.54. The van der Waals surface area contributed by atoms with E-state index in [1.807, 2.05) is 79.7 Å². The van der Waals surface area contributed by atoms with Crippen LogP contribution in [0.15, 0.2) is 60.7 Å². The monoisotopic (exact) mass is 409 g/mol. The first kappa shape index (κ1) is 21.8. The molecule has 2 aromatic rings. The summed E-state index contributed by atoms with van der Waals surface area (Å²) in [6.45, 7) is 1.57. The van der Waals surface area contributed by atoms with Gasteiger partial charge < -0.3 is 19.9 Å². The van der Waals surface area contributed by atoms with Gasteiger partial charge in [-0.15, -0.1) is 0 Å². The molecule has 1 fully saturated rings. The first-order chi connectivity index (χ1) is 14.5. The van der Waals surface area contributed by atoms with E-state index in [0.29, 0.717) is 19.0 Å². The van der Waals surface area contributed by atoms with Crippen LogP contribution in [0.25, 0.3) is 0 Å². The number of likely N-dealkylation sites (tertiary alicyclic amines) is 1. The third kappa shape index (κ3) is 6.32. The van der Waals surface area contributed by atoms with Crippen LogP contribution in [0.2, 0.25) is 0 Å². The van der Waals surface area contributed by atoms with E-state index in [1.54, 1.807) is 0 Å². The number of carbonyl (C=O) groups is 2. The summed E-state index contributed by atoms with van der Waals surface area (Å²) in [5, 5.41) is 2.81. The quantitative estimate of drug-likeness (QED) is 0.763. The summed E-state index contributed by atoms with van der Waals surface area (Å²) >= 11 is 0. The standard InChI is InChI=1S/C24H31N3O3/c1-26(2)21-14-9-15-27(17-21)23(28)22(16-19-10-5-3-6-11-19)25-24(29)30-18-20-12-7-4-8-13-20/h3-8,10-13,21-22H,9,14-18H2,1-2H3,(H,25,29)/t21?,22-/m0/s1. The first-order valence-corrected chi connectivity index (χ1v) is 10.5. The Labute approximate surface area is 178 Å². The van der Waals surface area contributed by atoms with E-state index in [0.717, 1.165) is 30.5 Å². The molecule has 0 radical (unpaired) electrons. The van der Waals surface area contributed by atoms with Crippen molar-refractivity contribution >= 4 is 12.0 Å². The van der Waals surface area contributed by atoms with Gasteiger partial charge in [0.2, 0.25) is 5.91 Å². The van der Waals surface area contributed by atoms with Gasteiger partial charge in [0.25, 0.3) is 0 Å². The zero-order chi connectivity index (χ0) is 21.3. The van der Waals surface area contributed by atoms with Crippen LogP contribution in [0, 0.1) is 0 Å². The minimum absolute atomic E-state index is 0.0536.